The smallest absolute Gasteiger partial charge is 0.125 e. The average molecular weight is 277 g/mol. The summed E-state index contributed by atoms with van der Waals surface area (Å²) in [5, 5.41) is 9.87. The maximum atomic E-state index is 9.27. The highest BCUT2D eigenvalue weighted by Gasteiger charge is 2.04. The Morgan fingerprint density at radius 3 is 2.37 bits per heavy atom. The maximum Gasteiger partial charge on any atom is 0.125 e. The first kappa shape index (κ1) is 13.9. The van der Waals surface area contributed by atoms with Crippen LogP contribution < -0.4 is 4.74 Å². The Bertz CT molecular complexity index is 535. The predicted molar refractivity (Wildman–Crippen MR) is 77.5 cm³/mol. The summed E-state index contributed by atoms with van der Waals surface area (Å²) < 4.78 is 5.72. The summed E-state index contributed by atoms with van der Waals surface area (Å²) in [7, 11) is 0. The minimum atomic E-state index is -0.0787. The number of aryl methyl sites for hydroxylation is 1. The predicted octanol–water partition coefficient (Wildman–Crippen LogP) is 3.97. The summed E-state index contributed by atoms with van der Waals surface area (Å²) in [6.07, 6.45) is 1.03. The van der Waals surface area contributed by atoms with Crippen LogP contribution in [-0.2, 0) is 19.6 Å². The van der Waals surface area contributed by atoms with Gasteiger partial charge >= 0.3 is 0 Å². The molecule has 2 rings (SSSR count). The largest absolute Gasteiger partial charge is 0.489 e. The Hall–Kier alpha value is -1.51. The number of ether oxygens (including phenoxy) is 1. The van der Waals surface area contributed by atoms with Gasteiger partial charge in [-0.25, -0.2) is 0 Å². The van der Waals surface area contributed by atoms with Crippen molar-refractivity contribution in [3.63, 3.8) is 0 Å². The minimum absolute atomic E-state index is 0.0787. The summed E-state index contributed by atoms with van der Waals surface area (Å²) in [6.45, 7) is 2.54. The Labute approximate surface area is 118 Å². The fourth-order valence-electron chi connectivity index (χ4n) is 1.84. The van der Waals surface area contributed by atoms with Crippen LogP contribution in [0, 0.1) is 0 Å². The zero-order chi connectivity index (χ0) is 13.7. The van der Waals surface area contributed by atoms with Gasteiger partial charge in [0.2, 0.25) is 0 Å². The van der Waals surface area contributed by atoms with Gasteiger partial charge in [-0.2, -0.15) is 0 Å². The quantitative estimate of drug-likeness (QED) is 0.895. The highest BCUT2D eigenvalue weighted by molar-refractivity contribution is 6.30. The number of benzene rings is 2. The number of hydrogen-bond donors (Lipinski definition) is 1. The maximum absolute atomic E-state index is 9.27. The lowest BCUT2D eigenvalue weighted by Gasteiger charge is -2.10. The number of hydrogen-bond acceptors (Lipinski definition) is 2. The molecule has 2 aromatic rings. The van der Waals surface area contributed by atoms with Crippen LogP contribution in [-0.4, -0.2) is 5.11 Å². The highest BCUT2D eigenvalue weighted by atomic mass is 35.5. The molecule has 0 bridgehead atoms. The van der Waals surface area contributed by atoms with Gasteiger partial charge in [-0.05, 0) is 35.7 Å². The van der Waals surface area contributed by atoms with Crippen molar-refractivity contribution in [2.45, 2.75) is 26.6 Å². The van der Waals surface area contributed by atoms with Crippen LogP contribution in [0.4, 0.5) is 0 Å². The molecule has 0 unspecified atom stereocenters. The molecule has 3 heteroatoms. The molecule has 0 spiro atoms. The lowest BCUT2D eigenvalue weighted by atomic mass is 10.1. The molecule has 2 aromatic carbocycles. The van der Waals surface area contributed by atoms with Crippen LogP contribution in [0.2, 0.25) is 5.02 Å². The Balaban J connectivity index is 2.05. The van der Waals surface area contributed by atoms with E-state index in [9.17, 15) is 5.11 Å². The second-order valence-electron chi connectivity index (χ2n) is 4.37. The lowest BCUT2D eigenvalue weighted by Crippen LogP contribution is -1.99. The van der Waals surface area contributed by atoms with Crippen LogP contribution in [0.3, 0.4) is 0 Å². The normalized spacial score (nSPS) is 10.5. The van der Waals surface area contributed by atoms with E-state index in [4.69, 9.17) is 16.3 Å². The van der Waals surface area contributed by atoms with Gasteiger partial charge in [0.05, 0.1) is 6.61 Å². The van der Waals surface area contributed by atoms with Gasteiger partial charge < -0.3 is 9.84 Å². The fraction of sp³-hybridized carbons (Fsp3) is 0.250. The third-order valence-corrected chi connectivity index (χ3v) is 3.25. The van der Waals surface area contributed by atoms with E-state index >= 15 is 0 Å². The minimum Gasteiger partial charge on any atom is -0.489 e. The molecule has 0 fully saturated rings. The van der Waals surface area contributed by atoms with Crippen LogP contribution in [0.15, 0.2) is 42.5 Å². The van der Waals surface area contributed by atoms with E-state index in [1.165, 1.54) is 5.56 Å². The molecule has 2 nitrogen and oxygen atoms in total. The van der Waals surface area contributed by atoms with Crippen LogP contribution >= 0.6 is 11.6 Å². The Kier molecular flexibility index (Phi) is 4.83. The molecule has 0 atom stereocenters. The van der Waals surface area contributed by atoms with Gasteiger partial charge in [0.15, 0.2) is 0 Å². The van der Waals surface area contributed by atoms with Gasteiger partial charge in [-0.1, -0.05) is 42.8 Å². The Morgan fingerprint density at radius 2 is 1.74 bits per heavy atom. The molecule has 19 heavy (non-hydrogen) atoms. The molecule has 0 amide bonds. The van der Waals surface area contributed by atoms with Gasteiger partial charge in [0, 0.05) is 10.6 Å². The molecule has 0 saturated carbocycles. The molecular formula is C16H17ClO2. The fourth-order valence-corrected chi connectivity index (χ4v) is 2.04. The van der Waals surface area contributed by atoms with Crippen molar-refractivity contribution < 1.29 is 9.84 Å². The zero-order valence-corrected chi connectivity index (χ0v) is 11.7. The van der Waals surface area contributed by atoms with E-state index in [2.05, 4.69) is 31.2 Å². The molecule has 0 aliphatic carbocycles. The van der Waals surface area contributed by atoms with Crippen molar-refractivity contribution in [2.75, 3.05) is 0 Å². The molecule has 1 N–H and O–H groups in total. The number of aliphatic hydroxyl groups excluding tert-OH is 1. The molecule has 100 valence electrons. The van der Waals surface area contributed by atoms with Gasteiger partial charge in [0.25, 0.3) is 0 Å². The zero-order valence-electron chi connectivity index (χ0n) is 10.9. The van der Waals surface area contributed by atoms with E-state index < -0.39 is 0 Å². The van der Waals surface area contributed by atoms with Crippen molar-refractivity contribution in [3.05, 3.63) is 64.2 Å². The summed E-state index contributed by atoms with van der Waals surface area (Å²) in [5.74, 6) is 0.673. The third-order valence-electron chi connectivity index (χ3n) is 3.02. The first-order valence-electron chi connectivity index (χ1n) is 6.33. The molecule has 0 aliphatic heterocycles. The van der Waals surface area contributed by atoms with E-state index in [0.717, 1.165) is 12.0 Å². The average Bonchev–Trinajstić information content (AvgIpc) is 2.46. The van der Waals surface area contributed by atoms with Crippen molar-refractivity contribution >= 4 is 11.6 Å². The summed E-state index contributed by atoms with van der Waals surface area (Å²) in [6, 6.07) is 13.6. The molecule has 0 aliphatic rings. The highest BCUT2D eigenvalue weighted by Crippen LogP contribution is 2.23. The molecule has 0 saturated heterocycles. The van der Waals surface area contributed by atoms with E-state index in [-0.39, 0.29) is 6.61 Å². The van der Waals surface area contributed by atoms with E-state index in [1.54, 1.807) is 18.2 Å². The van der Waals surface area contributed by atoms with Gasteiger partial charge in [-0.3, -0.25) is 0 Å². The third kappa shape index (κ3) is 3.72. The number of rotatable bonds is 5. The second-order valence-corrected chi connectivity index (χ2v) is 4.81. The molecule has 0 aromatic heterocycles. The molecule has 0 heterocycles. The number of halogens is 1. The van der Waals surface area contributed by atoms with Crippen molar-refractivity contribution in [3.8, 4) is 5.75 Å². The summed E-state index contributed by atoms with van der Waals surface area (Å²) >= 11 is 5.88. The standard InChI is InChI=1S/C16H17ClO2/c1-2-12-3-5-13(6-4-12)11-19-16-8-7-15(17)9-14(16)10-18/h3-9,18H,2,10-11H2,1H3. The van der Waals surface area contributed by atoms with E-state index in [0.29, 0.717) is 22.9 Å². The van der Waals surface area contributed by atoms with Crippen molar-refractivity contribution in [1.29, 1.82) is 0 Å². The Morgan fingerprint density at radius 1 is 1.05 bits per heavy atom. The monoisotopic (exact) mass is 276 g/mol. The van der Waals surface area contributed by atoms with Gasteiger partial charge in [-0.15, -0.1) is 0 Å². The van der Waals surface area contributed by atoms with Crippen LogP contribution in [0.25, 0.3) is 0 Å². The first-order valence-corrected chi connectivity index (χ1v) is 6.70. The number of aliphatic hydroxyl groups is 1. The van der Waals surface area contributed by atoms with Crippen LogP contribution in [0.1, 0.15) is 23.6 Å². The first-order chi connectivity index (χ1) is 9.22. The van der Waals surface area contributed by atoms with Crippen LogP contribution in [0.5, 0.6) is 5.75 Å². The summed E-state index contributed by atoms with van der Waals surface area (Å²) in [5.41, 5.74) is 3.13. The lowest BCUT2D eigenvalue weighted by molar-refractivity contribution is 0.259. The van der Waals surface area contributed by atoms with Crippen molar-refractivity contribution in [2.24, 2.45) is 0 Å². The SMILES string of the molecule is CCc1ccc(COc2ccc(Cl)cc2CO)cc1. The second kappa shape index (κ2) is 6.60. The topological polar surface area (TPSA) is 29.5 Å². The molecule has 0 radical (unpaired) electrons. The summed E-state index contributed by atoms with van der Waals surface area (Å²) in [4.78, 5) is 0. The van der Waals surface area contributed by atoms with E-state index in [1.807, 2.05) is 0 Å². The van der Waals surface area contributed by atoms with Crippen molar-refractivity contribution in [1.82, 2.24) is 0 Å². The molecular weight excluding hydrogens is 260 g/mol. The van der Waals surface area contributed by atoms with Gasteiger partial charge in [0.1, 0.15) is 12.4 Å².